The molecule has 13 heavy (non-hydrogen) atoms. The standard InChI is InChI=1S/C9H16N2O2/c1-5-4-6(12)8(11-13)9(2,3)7(5)10/h4,7-8,11,13H,10H2,1-3H3. The van der Waals surface area contributed by atoms with Crippen molar-refractivity contribution in [2.45, 2.75) is 32.9 Å². The number of hydrogen-bond donors (Lipinski definition) is 3. The number of hydroxylamine groups is 1. The van der Waals surface area contributed by atoms with Crippen LogP contribution in [0, 0.1) is 5.41 Å². The zero-order valence-corrected chi connectivity index (χ0v) is 8.16. The molecule has 2 unspecified atom stereocenters. The molecular weight excluding hydrogens is 168 g/mol. The van der Waals surface area contributed by atoms with Gasteiger partial charge in [-0.15, -0.1) is 0 Å². The van der Waals surface area contributed by atoms with Gasteiger partial charge in [-0.3, -0.25) is 4.79 Å². The number of rotatable bonds is 1. The van der Waals surface area contributed by atoms with E-state index in [0.29, 0.717) is 0 Å². The summed E-state index contributed by atoms with van der Waals surface area (Å²) in [5.41, 5.74) is 8.34. The third-order valence-electron chi connectivity index (χ3n) is 2.82. The van der Waals surface area contributed by atoms with Crippen LogP contribution in [-0.2, 0) is 4.79 Å². The van der Waals surface area contributed by atoms with E-state index in [1.165, 1.54) is 6.08 Å². The number of carbonyl (C=O) groups is 1. The molecule has 2 atom stereocenters. The predicted octanol–water partition coefficient (Wildman–Crippen LogP) is 0.216. The van der Waals surface area contributed by atoms with Gasteiger partial charge in [-0.1, -0.05) is 19.4 Å². The highest BCUT2D eigenvalue weighted by molar-refractivity contribution is 5.96. The summed E-state index contributed by atoms with van der Waals surface area (Å²) in [4.78, 5) is 11.4. The Morgan fingerprint density at radius 2 is 2.15 bits per heavy atom. The van der Waals surface area contributed by atoms with Gasteiger partial charge in [0.2, 0.25) is 0 Å². The maximum absolute atomic E-state index is 11.4. The monoisotopic (exact) mass is 184 g/mol. The van der Waals surface area contributed by atoms with Gasteiger partial charge in [0, 0.05) is 11.5 Å². The Kier molecular flexibility index (Phi) is 2.56. The molecule has 0 aromatic carbocycles. The van der Waals surface area contributed by atoms with E-state index >= 15 is 0 Å². The highest BCUT2D eigenvalue weighted by Gasteiger charge is 2.42. The highest BCUT2D eigenvalue weighted by Crippen LogP contribution is 2.32. The van der Waals surface area contributed by atoms with Gasteiger partial charge in [0.15, 0.2) is 5.78 Å². The van der Waals surface area contributed by atoms with Crippen molar-refractivity contribution in [3.63, 3.8) is 0 Å². The molecule has 0 saturated heterocycles. The van der Waals surface area contributed by atoms with Gasteiger partial charge in [-0.25, -0.2) is 0 Å². The van der Waals surface area contributed by atoms with Crippen molar-refractivity contribution in [1.82, 2.24) is 5.48 Å². The molecule has 0 radical (unpaired) electrons. The van der Waals surface area contributed by atoms with Crippen molar-refractivity contribution in [1.29, 1.82) is 0 Å². The Hall–Kier alpha value is -0.710. The molecule has 4 heteroatoms. The second kappa shape index (κ2) is 3.21. The first kappa shape index (κ1) is 10.4. The van der Waals surface area contributed by atoms with Gasteiger partial charge in [0.05, 0.1) is 0 Å². The number of nitrogens with two attached hydrogens (primary N) is 1. The molecule has 0 aliphatic heterocycles. The minimum Gasteiger partial charge on any atom is -0.324 e. The molecule has 0 aromatic rings. The van der Waals surface area contributed by atoms with Crippen LogP contribution in [0.2, 0.25) is 0 Å². The van der Waals surface area contributed by atoms with E-state index in [2.05, 4.69) is 0 Å². The first-order chi connectivity index (χ1) is 5.91. The van der Waals surface area contributed by atoms with Crippen LogP contribution < -0.4 is 11.2 Å². The van der Waals surface area contributed by atoms with E-state index in [1.807, 2.05) is 26.3 Å². The van der Waals surface area contributed by atoms with Crippen molar-refractivity contribution < 1.29 is 10.0 Å². The van der Waals surface area contributed by atoms with Crippen molar-refractivity contribution >= 4 is 5.78 Å². The summed E-state index contributed by atoms with van der Waals surface area (Å²) in [6, 6.07) is -0.805. The van der Waals surface area contributed by atoms with Crippen LogP contribution in [0.5, 0.6) is 0 Å². The summed E-state index contributed by atoms with van der Waals surface area (Å²) in [6.45, 7) is 5.55. The SMILES string of the molecule is CC1=CC(=O)C(NO)C(C)(C)C1N. The molecule has 0 bridgehead atoms. The molecule has 1 aliphatic rings. The molecule has 74 valence electrons. The van der Waals surface area contributed by atoms with Gasteiger partial charge in [0.1, 0.15) is 6.04 Å². The molecular formula is C9H16N2O2. The van der Waals surface area contributed by atoms with Gasteiger partial charge in [-0.2, -0.15) is 5.48 Å². The van der Waals surface area contributed by atoms with Gasteiger partial charge in [-0.05, 0) is 13.0 Å². The summed E-state index contributed by atoms with van der Waals surface area (Å²) >= 11 is 0. The zero-order chi connectivity index (χ0) is 10.2. The molecule has 4 nitrogen and oxygen atoms in total. The molecule has 1 rings (SSSR count). The third kappa shape index (κ3) is 1.52. The second-order valence-corrected chi connectivity index (χ2v) is 4.15. The Bertz CT molecular complexity index is 258. The lowest BCUT2D eigenvalue weighted by Gasteiger charge is -2.40. The van der Waals surface area contributed by atoms with E-state index in [1.54, 1.807) is 0 Å². The molecule has 1 aliphatic carbocycles. The maximum Gasteiger partial charge on any atom is 0.175 e. The number of nitrogens with one attached hydrogen (secondary N) is 1. The minimum atomic E-state index is -0.605. The van der Waals surface area contributed by atoms with Gasteiger partial charge < -0.3 is 10.9 Å². The zero-order valence-electron chi connectivity index (χ0n) is 8.16. The normalized spacial score (nSPS) is 33.0. The average Bonchev–Trinajstić information content (AvgIpc) is 2.01. The summed E-state index contributed by atoms with van der Waals surface area (Å²) in [5.74, 6) is -0.119. The number of hydrogen-bond acceptors (Lipinski definition) is 4. The molecule has 0 aromatic heterocycles. The second-order valence-electron chi connectivity index (χ2n) is 4.15. The number of ketones is 1. The van der Waals surface area contributed by atoms with Crippen LogP contribution in [0.25, 0.3) is 0 Å². The van der Waals surface area contributed by atoms with Crippen molar-refractivity contribution in [2.75, 3.05) is 0 Å². The fourth-order valence-corrected chi connectivity index (χ4v) is 1.76. The minimum absolute atomic E-state index is 0.119. The van der Waals surface area contributed by atoms with E-state index in [9.17, 15) is 4.79 Å². The number of carbonyl (C=O) groups excluding carboxylic acids is 1. The lowest BCUT2D eigenvalue weighted by molar-refractivity contribution is -0.124. The van der Waals surface area contributed by atoms with Gasteiger partial charge >= 0.3 is 0 Å². The lowest BCUT2D eigenvalue weighted by Crippen LogP contribution is -2.57. The van der Waals surface area contributed by atoms with Crippen LogP contribution in [0.4, 0.5) is 0 Å². The highest BCUT2D eigenvalue weighted by atomic mass is 16.5. The first-order valence-corrected chi connectivity index (χ1v) is 4.28. The first-order valence-electron chi connectivity index (χ1n) is 4.28. The topological polar surface area (TPSA) is 75.3 Å². The van der Waals surface area contributed by atoms with Crippen LogP contribution in [0.15, 0.2) is 11.6 Å². The van der Waals surface area contributed by atoms with Crippen molar-refractivity contribution in [2.24, 2.45) is 11.1 Å². The maximum atomic E-state index is 11.4. The molecule has 0 spiro atoms. The van der Waals surface area contributed by atoms with Gasteiger partial charge in [0.25, 0.3) is 0 Å². The fourth-order valence-electron chi connectivity index (χ4n) is 1.76. The van der Waals surface area contributed by atoms with E-state index in [-0.39, 0.29) is 11.8 Å². The smallest absolute Gasteiger partial charge is 0.175 e. The Labute approximate surface area is 77.8 Å². The summed E-state index contributed by atoms with van der Waals surface area (Å²) in [6.07, 6.45) is 1.49. The van der Waals surface area contributed by atoms with E-state index in [0.717, 1.165) is 5.57 Å². The largest absolute Gasteiger partial charge is 0.324 e. The molecule has 4 N–H and O–H groups in total. The van der Waals surface area contributed by atoms with E-state index < -0.39 is 11.5 Å². The molecule has 0 heterocycles. The Balaban J connectivity index is 3.09. The van der Waals surface area contributed by atoms with Crippen LogP contribution in [0.3, 0.4) is 0 Å². The summed E-state index contributed by atoms with van der Waals surface area (Å²) in [5, 5.41) is 8.85. The lowest BCUT2D eigenvalue weighted by atomic mass is 9.70. The Morgan fingerprint density at radius 3 is 2.62 bits per heavy atom. The van der Waals surface area contributed by atoms with Crippen molar-refractivity contribution in [3.8, 4) is 0 Å². The third-order valence-corrected chi connectivity index (χ3v) is 2.82. The summed E-state index contributed by atoms with van der Waals surface area (Å²) < 4.78 is 0. The summed E-state index contributed by atoms with van der Waals surface area (Å²) in [7, 11) is 0. The molecule has 0 amide bonds. The predicted molar refractivity (Wildman–Crippen MR) is 49.2 cm³/mol. The fraction of sp³-hybridized carbons (Fsp3) is 0.667. The molecule has 0 fully saturated rings. The van der Waals surface area contributed by atoms with Crippen LogP contribution >= 0.6 is 0 Å². The van der Waals surface area contributed by atoms with Crippen LogP contribution in [0.1, 0.15) is 20.8 Å². The quantitative estimate of drug-likeness (QED) is 0.509. The average molecular weight is 184 g/mol. The van der Waals surface area contributed by atoms with Crippen LogP contribution in [-0.4, -0.2) is 23.1 Å². The van der Waals surface area contributed by atoms with Crippen molar-refractivity contribution in [3.05, 3.63) is 11.6 Å². The van der Waals surface area contributed by atoms with E-state index in [4.69, 9.17) is 10.9 Å². The Morgan fingerprint density at radius 1 is 1.62 bits per heavy atom. The molecule has 0 saturated carbocycles.